The molecule has 0 amide bonds. The fourth-order valence-electron chi connectivity index (χ4n) is 2.33. The molecule has 0 bridgehead atoms. The van der Waals surface area contributed by atoms with Gasteiger partial charge in [-0.05, 0) is 6.92 Å². The second kappa shape index (κ2) is 5.23. The first-order valence-electron chi connectivity index (χ1n) is 6.24. The van der Waals surface area contributed by atoms with Gasteiger partial charge in [-0.1, -0.05) is 0 Å². The number of carboxylic acid groups (broad SMARTS) is 1. The van der Waals surface area contributed by atoms with Crippen LogP contribution in [0.3, 0.4) is 0 Å². The summed E-state index contributed by atoms with van der Waals surface area (Å²) in [6, 6.07) is 0. The van der Waals surface area contributed by atoms with Gasteiger partial charge in [0.15, 0.2) is 5.03 Å². The van der Waals surface area contributed by atoms with E-state index in [1.165, 1.54) is 10.8 Å². The summed E-state index contributed by atoms with van der Waals surface area (Å²) in [5, 5.41) is 8.52. The van der Waals surface area contributed by atoms with E-state index in [0.29, 0.717) is 10.1 Å². The van der Waals surface area contributed by atoms with Crippen LogP contribution in [0.25, 0.3) is 0 Å². The van der Waals surface area contributed by atoms with Crippen molar-refractivity contribution < 1.29 is 31.5 Å². The Morgan fingerprint density at radius 1 is 1.41 bits per heavy atom. The fraction of sp³-hybridized carbons (Fsp3) is 0.636. The number of aliphatic carboxylic acids is 1. The number of carboxylic acids is 1. The van der Waals surface area contributed by atoms with E-state index in [4.69, 9.17) is 5.11 Å². The maximum Gasteiger partial charge on any atom is 0.393 e. The highest BCUT2D eigenvalue weighted by molar-refractivity contribution is 7.89. The molecule has 1 N–H and O–H groups in total. The van der Waals surface area contributed by atoms with Gasteiger partial charge in [0, 0.05) is 26.3 Å². The lowest BCUT2D eigenvalue weighted by Crippen LogP contribution is -2.34. The Kier molecular flexibility index (Phi) is 3.98. The number of hydrogen-bond donors (Lipinski definition) is 1. The Morgan fingerprint density at radius 3 is 2.36 bits per heavy atom. The molecule has 1 saturated heterocycles. The minimum absolute atomic E-state index is 0.375. The van der Waals surface area contributed by atoms with Crippen LogP contribution in [0.15, 0.2) is 11.2 Å². The van der Waals surface area contributed by atoms with Gasteiger partial charge < -0.3 is 9.67 Å². The summed E-state index contributed by atoms with van der Waals surface area (Å²) in [4.78, 5) is 14.8. The third kappa shape index (κ3) is 2.82. The summed E-state index contributed by atoms with van der Waals surface area (Å²) >= 11 is 0. The quantitative estimate of drug-likeness (QED) is 0.870. The zero-order chi connectivity index (χ0) is 16.9. The number of aryl methyl sites for hydroxylation is 2. The smallest absolute Gasteiger partial charge is 0.393 e. The molecule has 1 aliphatic rings. The standard InChI is InChI=1S/C11H14F3N3O4S/c1-6-15-9(5-16(6)2)22(20,21)17-3-7(10(18)19)8(4-17)11(12,13)14/h5,7-8H,3-4H2,1-2H3,(H,18,19)/t7-,8-/m1/s1. The average molecular weight is 341 g/mol. The Bertz CT molecular complexity index is 678. The van der Waals surface area contributed by atoms with Crippen LogP contribution in [0.5, 0.6) is 0 Å². The van der Waals surface area contributed by atoms with Gasteiger partial charge in [-0.3, -0.25) is 4.79 Å². The predicted octanol–water partition coefficient (Wildman–Crippen LogP) is 0.612. The van der Waals surface area contributed by atoms with Gasteiger partial charge in [0.2, 0.25) is 0 Å². The van der Waals surface area contributed by atoms with Crippen LogP contribution in [0.1, 0.15) is 5.82 Å². The van der Waals surface area contributed by atoms with Crippen molar-refractivity contribution in [3.05, 3.63) is 12.0 Å². The molecule has 0 unspecified atom stereocenters. The molecular formula is C11H14F3N3O4S. The van der Waals surface area contributed by atoms with E-state index >= 15 is 0 Å². The zero-order valence-corrected chi connectivity index (χ0v) is 12.5. The molecule has 0 aromatic carbocycles. The molecule has 2 atom stereocenters. The molecule has 1 aromatic rings. The van der Waals surface area contributed by atoms with Crippen LogP contribution in [-0.2, 0) is 21.9 Å². The number of halogens is 3. The monoisotopic (exact) mass is 341 g/mol. The third-order valence-electron chi connectivity index (χ3n) is 3.71. The maximum atomic E-state index is 12.9. The molecule has 0 spiro atoms. The maximum absolute atomic E-state index is 12.9. The Hall–Kier alpha value is -1.62. The lowest BCUT2D eigenvalue weighted by Gasteiger charge is -2.18. The summed E-state index contributed by atoms with van der Waals surface area (Å²) in [6.07, 6.45) is -3.60. The SMILES string of the molecule is Cc1nc(S(=O)(=O)N2C[C@@H](C(F)(F)F)[C@H](C(=O)O)C2)cn1C. The second-order valence-electron chi connectivity index (χ2n) is 5.15. The molecule has 0 radical (unpaired) electrons. The van der Waals surface area contributed by atoms with E-state index in [0.717, 1.165) is 0 Å². The minimum Gasteiger partial charge on any atom is -0.481 e. The minimum atomic E-state index is -4.78. The molecule has 11 heteroatoms. The van der Waals surface area contributed by atoms with Gasteiger partial charge in [-0.2, -0.15) is 17.5 Å². The number of nitrogens with zero attached hydrogens (tertiary/aromatic N) is 3. The number of sulfonamides is 1. The first-order chi connectivity index (χ1) is 9.94. The van der Waals surface area contributed by atoms with Gasteiger partial charge in [-0.15, -0.1) is 0 Å². The molecule has 7 nitrogen and oxygen atoms in total. The Morgan fingerprint density at radius 2 is 2.00 bits per heavy atom. The molecule has 22 heavy (non-hydrogen) atoms. The summed E-state index contributed by atoms with van der Waals surface area (Å²) in [5.41, 5.74) is 0. The van der Waals surface area contributed by atoms with Crippen LogP contribution in [0, 0.1) is 18.8 Å². The zero-order valence-electron chi connectivity index (χ0n) is 11.7. The van der Waals surface area contributed by atoms with Crippen molar-refractivity contribution in [3.8, 4) is 0 Å². The molecule has 1 fully saturated rings. The van der Waals surface area contributed by atoms with Crippen LogP contribution in [0.2, 0.25) is 0 Å². The first-order valence-corrected chi connectivity index (χ1v) is 7.68. The number of hydrogen-bond acceptors (Lipinski definition) is 4. The van der Waals surface area contributed by atoms with E-state index in [9.17, 15) is 26.4 Å². The van der Waals surface area contributed by atoms with Crippen molar-refractivity contribution >= 4 is 16.0 Å². The summed E-state index contributed by atoms with van der Waals surface area (Å²) in [7, 11) is -2.72. The van der Waals surface area contributed by atoms with Crippen molar-refractivity contribution in [1.29, 1.82) is 0 Å². The van der Waals surface area contributed by atoms with Gasteiger partial charge in [-0.25, -0.2) is 13.4 Å². The molecule has 124 valence electrons. The normalized spacial score (nSPS) is 23.9. The lowest BCUT2D eigenvalue weighted by molar-refractivity contribution is -0.187. The van der Waals surface area contributed by atoms with Gasteiger partial charge in [0.05, 0.1) is 11.8 Å². The number of imidazole rings is 1. The molecule has 0 aliphatic carbocycles. The summed E-state index contributed by atoms with van der Waals surface area (Å²) < 4.78 is 65.3. The first kappa shape index (κ1) is 16.7. The predicted molar refractivity (Wildman–Crippen MR) is 67.4 cm³/mol. The van der Waals surface area contributed by atoms with Gasteiger partial charge in [0.1, 0.15) is 5.82 Å². The summed E-state index contributed by atoms with van der Waals surface area (Å²) in [5.74, 6) is -5.35. The van der Waals surface area contributed by atoms with Crippen molar-refractivity contribution in [2.24, 2.45) is 18.9 Å². The lowest BCUT2D eigenvalue weighted by atomic mass is 9.96. The Balaban J connectivity index is 2.36. The van der Waals surface area contributed by atoms with Crippen molar-refractivity contribution in [1.82, 2.24) is 13.9 Å². The van der Waals surface area contributed by atoms with E-state index in [-0.39, 0.29) is 5.03 Å². The molecule has 1 aliphatic heterocycles. The van der Waals surface area contributed by atoms with Crippen LogP contribution in [-0.4, -0.2) is 52.6 Å². The average Bonchev–Trinajstić information content (AvgIpc) is 2.94. The molecule has 2 rings (SSSR count). The molecular weight excluding hydrogens is 327 g/mol. The molecule has 1 aromatic heterocycles. The Labute approximate surface area is 124 Å². The van der Waals surface area contributed by atoms with E-state index in [1.54, 1.807) is 14.0 Å². The number of alkyl halides is 3. The number of carbonyl (C=O) groups is 1. The van der Waals surface area contributed by atoms with Crippen molar-refractivity contribution in [3.63, 3.8) is 0 Å². The van der Waals surface area contributed by atoms with Gasteiger partial charge >= 0.3 is 12.1 Å². The highest BCUT2D eigenvalue weighted by Crippen LogP contribution is 2.39. The topological polar surface area (TPSA) is 92.5 Å². The number of rotatable bonds is 3. The summed E-state index contributed by atoms with van der Waals surface area (Å²) in [6.45, 7) is -0.0997. The highest BCUT2D eigenvalue weighted by atomic mass is 32.2. The molecule has 0 saturated carbocycles. The van der Waals surface area contributed by atoms with Crippen LogP contribution >= 0.6 is 0 Å². The van der Waals surface area contributed by atoms with Crippen LogP contribution in [0.4, 0.5) is 13.2 Å². The largest absolute Gasteiger partial charge is 0.481 e. The van der Waals surface area contributed by atoms with Crippen molar-refractivity contribution in [2.45, 2.75) is 18.1 Å². The molecule has 2 heterocycles. The number of aromatic nitrogens is 2. The van der Waals surface area contributed by atoms with E-state index < -0.39 is 47.1 Å². The van der Waals surface area contributed by atoms with Crippen LogP contribution < -0.4 is 0 Å². The highest BCUT2D eigenvalue weighted by Gasteiger charge is 2.55. The van der Waals surface area contributed by atoms with E-state index in [2.05, 4.69) is 4.98 Å². The third-order valence-corrected chi connectivity index (χ3v) is 5.42. The van der Waals surface area contributed by atoms with Crippen molar-refractivity contribution in [2.75, 3.05) is 13.1 Å². The second-order valence-corrected chi connectivity index (χ2v) is 7.04. The van der Waals surface area contributed by atoms with Gasteiger partial charge in [0.25, 0.3) is 10.0 Å². The van der Waals surface area contributed by atoms with E-state index in [1.807, 2.05) is 0 Å². The fourth-order valence-corrected chi connectivity index (χ4v) is 3.85.